The van der Waals surface area contributed by atoms with Crippen LogP contribution in [-0.4, -0.2) is 43.0 Å². The Hall–Kier alpha value is -0.610. The number of hydrogen-bond donors (Lipinski definition) is 2. The van der Waals surface area contributed by atoms with Crippen LogP contribution >= 0.6 is 0 Å². The number of likely N-dealkylation sites (tertiary alicyclic amines) is 1. The van der Waals surface area contributed by atoms with Crippen LogP contribution in [0.1, 0.15) is 40.0 Å². The molecule has 1 fully saturated rings. The van der Waals surface area contributed by atoms with E-state index in [1.54, 1.807) is 0 Å². The van der Waals surface area contributed by atoms with Gasteiger partial charge in [-0.15, -0.1) is 0 Å². The zero-order valence-electron chi connectivity index (χ0n) is 12.1. The number of nitrogens with two attached hydrogens (primary N) is 1. The van der Waals surface area contributed by atoms with E-state index in [4.69, 9.17) is 5.73 Å². The number of carbonyl (C=O) groups is 1. The molecule has 0 saturated carbocycles. The lowest BCUT2D eigenvalue weighted by Gasteiger charge is -2.37. The molecule has 0 spiro atoms. The lowest BCUT2D eigenvalue weighted by Crippen LogP contribution is -2.44. The number of nitrogens with zero attached hydrogens (tertiary/aromatic N) is 1. The summed E-state index contributed by atoms with van der Waals surface area (Å²) in [7, 11) is 0. The maximum absolute atomic E-state index is 11.6. The average molecular weight is 255 g/mol. The highest BCUT2D eigenvalue weighted by Crippen LogP contribution is 2.25. The van der Waals surface area contributed by atoms with Gasteiger partial charge in [0, 0.05) is 25.6 Å². The van der Waals surface area contributed by atoms with Crippen molar-refractivity contribution in [2.75, 3.05) is 26.2 Å². The van der Waals surface area contributed by atoms with Crippen molar-refractivity contribution in [1.82, 2.24) is 10.2 Å². The van der Waals surface area contributed by atoms with Crippen LogP contribution < -0.4 is 11.1 Å². The van der Waals surface area contributed by atoms with Gasteiger partial charge in [0.05, 0.1) is 0 Å². The van der Waals surface area contributed by atoms with E-state index in [9.17, 15) is 4.79 Å². The fourth-order valence-corrected chi connectivity index (χ4v) is 2.79. The van der Waals surface area contributed by atoms with Crippen molar-refractivity contribution < 1.29 is 4.79 Å². The average Bonchev–Trinajstić information content (AvgIpc) is 2.35. The number of nitrogens with one attached hydrogen (secondary N) is 1. The molecule has 0 aliphatic carbocycles. The predicted octanol–water partition coefficient (Wildman–Crippen LogP) is 1.21. The van der Waals surface area contributed by atoms with Crippen molar-refractivity contribution in [2.45, 2.75) is 46.1 Å². The van der Waals surface area contributed by atoms with Crippen LogP contribution in [0.3, 0.4) is 0 Å². The molecule has 0 bridgehead atoms. The SMILES string of the molecule is CCC1CN(CCC(=O)NC(C)C)CCC1CN. The molecule has 1 heterocycles. The quantitative estimate of drug-likeness (QED) is 0.750. The number of piperidine rings is 1. The van der Waals surface area contributed by atoms with Gasteiger partial charge in [0.1, 0.15) is 0 Å². The summed E-state index contributed by atoms with van der Waals surface area (Å²) in [5, 5.41) is 2.94. The second-order valence-electron chi connectivity index (χ2n) is 5.73. The van der Waals surface area contributed by atoms with Crippen LogP contribution in [0, 0.1) is 11.8 Å². The van der Waals surface area contributed by atoms with Crippen molar-refractivity contribution in [3.63, 3.8) is 0 Å². The molecule has 1 amide bonds. The van der Waals surface area contributed by atoms with Crippen LogP contribution in [0.5, 0.6) is 0 Å². The number of carbonyl (C=O) groups excluding carboxylic acids is 1. The third-order valence-electron chi connectivity index (χ3n) is 3.91. The standard InChI is InChI=1S/C14H29N3O/c1-4-12-10-17(7-5-13(12)9-15)8-6-14(18)16-11(2)3/h11-13H,4-10,15H2,1-3H3,(H,16,18). The second kappa shape index (κ2) is 7.74. The van der Waals surface area contributed by atoms with Gasteiger partial charge in [0.15, 0.2) is 0 Å². The minimum absolute atomic E-state index is 0.166. The zero-order chi connectivity index (χ0) is 13.5. The Bertz CT molecular complexity index is 255. The Morgan fingerprint density at radius 1 is 1.44 bits per heavy atom. The first-order chi connectivity index (χ1) is 8.56. The van der Waals surface area contributed by atoms with Crippen molar-refractivity contribution >= 4 is 5.91 Å². The first-order valence-corrected chi connectivity index (χ1v) is 7.28. The van der Waals surface area contributed by atoms with Crippen LogP contribution in [0.2, 0.25) is 0 Å². The number of rotatable bonds is 6. The summed E-state index contributed by atoms with van der Waals surface area (Å²) in [5.74, 6) is 1.55. The van der Waals surface area contributed by atoms with Gasteiger partial charge in [-0.2, -0.15) is 0 Å². The fraction of sp³-hybridized carbons (Fsp3) is 0.929. The summed E-state index contributed by atoms with van der Waals surface area (Å²) in [4.78, 5) is 14.0. The van der Waals surface area contributed by atoms with E-state index in [1.165, 1.54) is 12.8 Å². The molecule has 18 heavy (non-hydrogen) atoms. The molecule has 106 valence electrons. The van der Waals surface area contributed by atoms with E-state index in [-0.39, 0.29) is 11.9 Å². The third-order valence-corrected chi connectivity index (χ3v) is 3.91. The predicted molar refractivity (Wildman–Crippen MR) is 75.3 cm³/mol. The van der Waals surface area contributed by atoms with E-state index in [0.29, 0.717) is 18.3 Å². The monoisotopic (exact) mass is 255 g/mol. The van der Waals surface area contributed by atoms with Gasteiger partial charge < -0.3 is 16.0 Å². The molecule has 4 nitrogen and oxygen atoms in total. The Labute approximate surface area is 111 Å². The molecular formula is C14H29N3O. The Kier molecular flexibility index (Phi) is 6.65. The summed E-state index contributed by atoms with van der Waals surface area (Å²) >= 11 is 0. The van der Waals surface area contributed by atoms with Gasteiger partial charge in [0.2, 0.25) is 5.91 Å². The van der Waals surface area contributed by atoms with Crippen LogP contribution in [0.4, 0.5) is 0 Å². The van der Waals surface area contributed by atoms with Crippen molar-refractivity contribution in [3.05, 3.63) is 0 Å². The van der Waals surface area contributed by atoms with Gasteiger partial charge in [-0.25, -0.2) is 0 Å². The number of hydrogen-bond acceptors (Lipinski definition) is 3. The van der Waals surface area contributed by atoms with E-state index >= 15 is 0 Å². The highest BCUT2D eigenvalue weighted by atomic mass is 16.1. The summed E-state index contributed by atoms with van der Waals surface area (Å²) in [6, 6.07) is 0.240. The largest absolute Gasteiger partial charge is 0.354 e. The van der Waals surface area contributed by atoms with Gasteiger partial charge in [-0.05, 0) is 45.2 Å². The molecule has 2 atom stereocenters. The highest BCUT2D eigenvalue weighted by Gasteiger charge is 2.26. The van der Waals surface area contributed by atoms with Gasteiger partial charge >= 0.3 is 0 Å². The first-order valence-electron chi connectivity index (χ1n) is 7.28. The molecule has 1 aliphatic heterocycles. The van der Waals surface area contributed by atoms with E-state index in [1.807, 2.05) is 13.8 Å². The maximum atomic E-state index is 11.6. The van der Waals surface area contributed by atoms with Crippen LogP contribution in [0.25, 0.3) is 0 Å². The minimum atomic E-state index is 0.166. The minimum Gasteiger partial charge on any atom is -0.354 e. The van der Waals surface area contributed by atoms with Crippen molar-refractivity contribution in [1.29, 1.82) is 0 Å². The van der Waals surface area contributed by atoms with Gasteiger partial charge in [0.25, 0.3) is 0 Å². The second-order valence-corrected chi connectivity index (χ2v) is 5.73. The van der Waals surface area contributed by atoms with Gasteiger partial charge in [-0.1, -0.05) is 13.3 Å². The van der Waals surface area contributed by atoms with Gasteiger partial charge in [-0.3, -0.25) is 4.79 Å². The molecule has 0 aromatic carbocycles. The van der Waals surface area contributed by atoms with E-state index in [0.717, 1.165) is 26.2 Å². The summed E-state index contributed by atoms with van der Waals surface area (Å²) < 4.78 is 0. The maximum Gasteiger partial charge on any atom is 0.221 e. The Morgan fingerprint density at radius 2 is 2.17 bits per heavy atom. The molecule has 1 aliphatic rings. The molecule has 0 aromatic rings. The molecule has 0 aromatic heterocycles. The zero-order valence-corrected chi connectivity index (χ0v) is 12.1. The van der Waals surface area contributed by atoms with E-state index in [2.05, 4.69) is 17.1 Å². The summed E-state index contributed by atoms with van der Waals surface area (Å²) in [5.41, 5.74) is 5.81. The van der Waals surface area contributed by atoms with Crippen LogP contribution in [0.15, 0.2) is 0 Å². The Morgan fingerprint density at radius 3 is 2.72 bits per heavy atom. The summed E-state index contributed by atoms with van der Waals surface area (Å²) in [6.07, 6.45) is 2.99. The lowest BCUT2D eigenvalue weighted by atomic mass is 9.84. The molecular weight excluding hydrogens is 226 g/mol. The fourth-order valence-electron chi connectivity index (χ4n) is 2.79. The molecule has 1 rings (SSSR count). The third kappa shape index (κ3) is 4.94. The lowest BCUT2D eigenvalue weighted by molar-refractivity contribution is -0.122. The van der Waals surface area contributed by atoms with Crippen molar-refractivity contribution in [2.24, 2.45) is 17.6 Å². The molecule has 1 saturated heterocycles. The first kappa shape index (κ1) is 15.4. The Balaban J connectivity index is 2.30. The molecule has 3 N–H and O–H groups in total. The topological polar surface area (TPSA) is 58.4 Å². The van der Waals surface area contributed by atoms with Crippen molar-refractivity contribution in [3.8, 4) is 0 Å². The molecule has 4 heteroatoms. The normalized spacial score (nSPS) is 25.4. The molecule has 0 radical (unpaired) electrons. The van der Waals surface area contributed by atoms with Crippen LogP contribution in [-0.2, 0) is 4.79 Å². The van der Waals surface area contributed by atoms with E-state index < -0.39 is 0 Å². The summed E-state index contributed by atoms with van der Waals surface area (Å²) in [6.45, 7) is 10.1. The number of amides is 1. The smallest absolute Gasteiger partial charge is 0.221 e. The molecule has 2 unspecified atom stereocenters. The highest BCUT2D eigenvalue weighted by molar-refractivity contribution is 5.76.